The Morgan fingerprint density at radius 1 is 0.765 bits per heavy atom. The quantitative estimate of drug-likeness (QED) is 0.464. The van der Waals surface area contributed by atoms with Gasteiger partial charge in [-0.15, -0.1) is 0 Å². The molecule has 0 aromatic heterocycles. The maximum atomic E-state index is 4.89. The molecule has 0 aliphatic carbocycles. The molecule has 4 nitrogen and oxygen atoms in total. The Labute approximate surface area is 124 Å². The number of hydrogen-bond acceptors (Lipinski definition) is 4. The molecule has 0 unspecified atom stereocenters. The van der Waals surface area contributed by atoms with Gasteiger partial charge in [0.05, 0.1) is 0 Å². The van der Waals surface area contributed by atoms with Gasteiger partial charge in [0.15, 0.2) is 16.8 Å². The summed E-state index contributed by atoms with van der Waals surface area (Å²) in [7, 11) is 15.2. The Hall–Kier alpha value is 1.94. The second kappa shape index (κ2) is 23.1. The normalized spacial score (nSPS) is 9.76. The Morgan fingerprint density at radius 2 is 0.941 bits per heavy atom. The fraction of sp³-hybridized carbons (Fsp3) is 1.00. The summed E-state index contributed by atoms with van der Waals surface area (Å²) < 4.78 is 19.6. The molecule has 17 heavy (non-hydrogen) atoms. The molecule has 9 heteroatoms. The van der Waals surface area contributed by atoms with E-state index in [0.29, 0.717) is 0 Å². The predicted molar refractivity (Wildman–Crippen MR) is 74.7 cm³/mol. The van der Waals surface area contributed by atoms with Gasteiger partial charge in [0.1, 0.15) is 0 Å². The van der Waals surface area contributed by atoms with Gasteiger partial charge in [0.2, 0.25) is 0 Å². The van der Waals surface area contributed by atoms with Crippen molar-refractivity contribution in [2.75, 3.05) is 40.8 Å². The molecule has 0 saturated carbocycles. The zero-order chi connectivity index (χ0) is 14.1. The Bertz CT molecular complexity index is 98.7. The minimum atomic E-state index is -0.554. The summed E-state index contributed by atoms with van der Waals surface area (Å²) in [4.78, 5) is 0. The van der Waals surface area contributed by atoms with Crippen LogP contribution in [0.3, 0.4) is 0 Å². The first-order chi connectivity index (χ1) is 8.11. The van der Waals surface area contributed by atoms with Crippen molar-refractivity contribution in [3.8, 4) is 0 Å². The summed E-state index contributed by atoms with van der Waals surface area (Å²) in [6, 6.07) is 0. The zero-order valence-corrected chi connectivity index (χ0v) is 15.9. The van der Waals surface area contributed by atoms with E-state index in [0.717, 1.165) is 12.3 Å². The molecular formula is C8H22Cl2O4P2Pd. The van der Waals surface area contributed by atoms with E-state index in [2.05, 4.69) is 0 Å². The monoisotopic (exact) mass is 420 g/mol. The first-order valence-corrected chi connectivity index (χ1v) is 11.4. The molecule has 0 aromatic rings. The first kappa shape index (κ1) is 24.0. The molecule has 0 aromatic carbocycles. The van der Waals surface area contributed by atoms with Gasteiger partial charge in [-0.2, -0.15) is 0 Å². The Morgan fingerprint density at radius 3 is 0.941 bits per heavy atom. The van der Waals surface area contributed by atoms with Crippen LogP contribution in [0.5, 0.6) is 0 Å². The molecule has 0 N–H and O–H groups in total. The van der Waals surface area contributed by atoms with Gasteiger partial charge >= 0.3 is 35.0 Å². The molecule has 0 radical (unpaired) electrons. The van der Waals surface area contributed by atoms with E-state index in [-0.39, 0.29) is 15.9 Å². The first-order valence-electron chi connectivity index (χ1n) is 4.65. The molecule has 0 heterocycles. The van der Waals surface area contributed by atoms with Gasteiger partial charge in [-0.3, -0.25) is 0 Å². The molecule has 0 aliphatic heterocycles. The third-order valence-corrected chi connectivity index (χ3v) is 3.99. The standard InChI is InChI=1S/2C4H11O2P.2ClH.Pd/c2*1-4-7(5-2)6-3;;;/h2*4H2,1-3H3;2*1H;/q;;;;+2/p-2. The predicted octanol–water partition coefficient (Wildman–Crippen LogP) is 4.60. The molecule has 0 saturated heterocycles. The van der Waals surface area contributed by atoms with Crippen molar-refractivity contribution in [2.45, 2.75) is 13.8 Å². The van der Waals surface area contributed by atoms with Crippen LogP contribution >= 0.6 is 35.8 Å². The summed E-state index contributed by atoms with van der Waals surface area (Å²) in [5.41, 5.74) is 0. The van der Waals surface area contributed by atoms with Crippen LogP contribution in [0.4, 0.5) is 0 Å². The Kier molecular flexibility index (Phi) is 32.6. The second-order valence-electron chi connectivity index (χ2n) is 2.07. The van der Waals surface area contributed by atoms with Crippen LogP contribution in [0.15, 0.2) is 0 Å². The van der Waals surface area contributed by atoms with Crippen LogP contribution < -0.4 is 0 Å². The van der Waals surface area contributed by atoms with Gasteiger partial charge in [0, 0.05) is 40.8 Å². The second-order valence-corrected chi connectivity index (χ2v) is 8.49. The van der Waals surface area contributed by atoms with Crippen molar-refractivity contribution in [2.24, 2.45) is 0 Å². The van der Waals surface area contributed by atoms with Crippen LogP contribution in [0.2, 0.25) is 0 Å². The molecule has 0 bridgehead atoms. The van der Waals surface area contributed by atoms with Crippen molar-refractivity contribution in [3.63, 3.8) is 0 Å². The van der Waals surface area contributed by atoms with Crippen LogP contribution in [-0.4, -0.2) is 40.8 Å². The topological polar surface area (TPSA) is 36.9 Å². The molecule has 112 valence electrons. The third-order valence-electron chi connectivity index (χ3n) is 1.33. The fourth-order valence-corrected chi connectivity index (χ4v) is 2.00. The molecular weight excluding hydrogens is 399 g/mol. The molecule has 0 atom stereocenters. The zero-order valence-electron chi connectivity index (χ0n) is 11.0. The van der Waals surface area contributed by atoms with Crippen LogP contribution in [0, 0.1) is 0 Å². The van der Waals surface area contributed by atoms with Gasteiger partial charge in [-0.1, -0.05) is 13.8 Å². The van der Waals surface area contributed by atoms with E-state index in [1.165, 1.54) is 0 Å². The van der Waals surface area contributed by atoms with Crippen molar-refractivity contribution in [3.05, 3.63) is 0 Å². The summed E-state index contributed by atoms with van der Waals surface area (Å²) in [6.07, 6.45) is 1.95. The average molecular weight is 422 g/mol. The average Bonchev–Trinajstić information content (AvgIpc) is 2.35. The summed E-state index contributed by atoms with van der Waals surface area (Å²) >= 11 is -0.106. The molecule has 0 rings (SSSR count). The SMILES string of the molecule is CCP(OC)OC.CCP(OC)OC.[Cl][Pd][Cl]. The van der Waals surface area contributed by atoms with Crippen molar-refractivity contribution < 1.29 is 34.0 Å². The van der Waals surface area contributed by atoms with E-state index in [1.807, 2.05) is 13.8 Å². The summed E-state index contributed by atoms with van der Waals surface area (Å²) in [5, 5.41) is 0. The number of hydrogen-bond donors (Lipinski definition) is 0. The minimum absolute atomic E-state index is 0.106. The molecule has 0 amide bonds. The van der Waals surface area contributed by atoms with E-state index in [4.69, 9.17) is 37.2 Å². The molecule has 0 fully saturated rings. The van der Waals surface area contributed by atoms with Crippen LogP contribution in [0.1, 0.15) is 13.8 Å². The van der Waals surface area contributed by atoms with Crippen LogP contribution in [-0.2, 0) is 34.0 Å². The Balaban J connectivity index is -0.000000188. The van der Waals surface area contributed by atoms with Crippen molar-refractivity contribution in [1.82, 2.24) is 0 Å². The van der Waals surface area contributed by atoms with Crippen molar-refractivity contribution >= 4 is 35.8 Å². The van der Waals surface area contributed by atoms with Gasteiger partial charge in [0.25, 0.3) is 0 Å². The molecule has 0 spiro atoms. The van der Waals surface area contributed by atoms with Gasteiger partial charge in [-0.05, 0) is 0 Å². The number of rotatable bonds is 6. The molecule has 0 aliphatic rings. The third kappa shape index (κ3) is 23.5. The van der Waals surface area contributed by atoms with E-state index >= 15 is 0 Å². The summed E-state index contributed by atoms with van der Waals surface area (Å²) in [6.45, 7) is 4.08. The van der Waals surface area contributed by atoms with E-state index < -0.39 is 16.8 Å². The van der Waals surface area contributed by atoms with Gasteiger partial charge in [-0.25, -0.2) is 0 Å². The van der Waals surface area contributed by atoms with Gasteiger partial charge < -0.3 is 18.1 Å². The summed E-state index contributed by atoms with van der Waals surface area (Å²) in [5.74, 6) is 0. The van der Waals surface area contributed by atoms with E-state index in [1.54, 1.807) is 28.4 Å². The maximum absolute atomic E-state index is 4.89. The fourth-order valence-electron chi connectivity index (χ4n) is 0.665. The van der Waals surface area contributed by atoms with Crippen LogP contribution in [0.25, 0.3) is 0 Å². The van der Waals surface area contributed by atoms with E-state index in [9.17, 15) is 0 Å². The van der Waals surface area contributed by atoms with Crippen molar-refractivity contribution in [1.29, 1.82) is 0 Å². The number of halogens is 2.